The van der Waals surface area contributed by atoms with E-state index >= 15 is 0 Å². The number of hydrogen-bond acceptors (Lipinski definition) is 4. The summed E-state index contributed by atoms with van der Waals surface area (Å²) >= 11 is 0. The third kappa shape index (κ3) is 8.38. The first-order valence-electron chi connectivity index (χ1n) is 18.5. The van der Waals surface area contributed by atoms with Gasteiger partial charge in [-0.2, -0.15) is 0 Å². The summed E-state index contributed by atoms with van der Waals surface area (Å²) in [6.07, 6.45) is 11.4. The Balaban J connectivity index is 1.49. The highest BCUT2D eigenvalue weighted by Gasteiger charge is 2.21. The molecule has 4 heteroatoms. The minimum Gasteiger partial charge on any atom is -0.436 e. The molecule has 48 heavy (non-hydrogen) atoms. The Hall–Kier alpha value is -3.92. The average molecular weight is 645 g/mol. The second-order valence-electron chi connectivity index (χ2n) is 14.2. The van der Waals surface area contributed by atoms with Crippen molar-refractivity contribution >= 4 is 0 Å². The summed E-state index contributed by atoms with van der Waals surface area (Å²) in [6.45, 7) is 17.8. The maximum absolute atomic E-state index is 6.64. The lowest BCUT2D eigenvalue weighted by molar-refractivity contribution is 0.583. The van der Waals surface area contributed by atoms with Crippen LogP contribution in [0.2, 0.25) is 0 Å². The highest BCUT2D eigenvalue weighted by Crippen LogP contribution is 2.37. The molecule has 5 aromatic rings. The van der Waals surface area contributed by atoms with Crippen molar-refractivity contribution in [2.45, 2.75) is 131 Å². The lowest BCUT2D eigenvalue weighted by Crippen LogP contribution is -1.94. The molecule has 0 unspecified atom stereocenters. The normalized spacial score (nSPS) is 11.7. The zero-order valence-corrected chi connectivity index (χ0v) is 30.7. The molecule has 0 atom stereocenters. The monoisotopic (exact) mass is 644 g/mol. The van der Waals surface area contributed by atoms with Gasteiger partial charge in [0.25, 0.3) is 0 Å². The zero-order chi connectivity index (χ0) is 34.2. The van der Waals surface area contributed by atoms with Crippen LogP contribution in [-0.2, 0) is 12.8 Å². The van der Waals surface area contributed by atoms with Crippen LogP contribution in [0.3, 0.4) is 0 Å². The van der Waals surface area contributed by atoms with Gasteiger partial charge in [-0.25, -0.2) is 9.97 Å². The molecule has 2 aromatic heterocycles. The molecule has 0 amide bonds. The Kier molecular flexibility index (Phi) is 12.1. The van der Waals surface area contributed by atoms with Gasteiger partial charge >= 0.3 is 0 Å². The highest BCUT2D eigenvalue weighted by molar-refractivity contribution is 5.71. The number of aromatic nitrogens is 2. The Labute approximate surface area is 289 Å². The molecule has 4 nitrogen and oxygen atoms in total. The van der Waals surface area contributed by atoms with Gasteiger partial charge in [-0.1, -0.05) is 104 Å². The summed E-state index contributed by atoms with van der Waals surface area (Å²) in [5.41, 5.74) is 11.4. The van der Waals surface area contributed by atoms with Gasteiger partial charge in [0, 0.05) is 22.3 Å². The van der Waals surface area contributed by atoms with E-state index in [-0.39, 0.29) is 0 Å². The number of unbranched alkanes of at least 4 members (excludes halogenated alkanes) is 6. The second kappa shape index (κ2) is 16.5. The van der Waals surface area contributed by atoms with Gasteiger partial charge in [-0.05, 0) is 110 Å². The number of oxazole rings is 2. The van der Waals surface area contributed by atoms with E-state index in [2.05, 4.69) is 116 Å². The van der Waals surface area contributed by atoms with Crippen molar-refractivity contribution in [2.24, 2.45) is 0 Å². The first kappa shape index (κ1) is 35.4. The van der Waals surface area contributed by atoms with Crippen LogP contribution in [0.15, 0.2) is 69.5 Å². The maximum Gasteiger partial charge on any atom is 0.227 e. The van der Waals surface area contributed by atoms with Gasteiger partial charge in [0.15, 0.2) is 11.5 Å². The minimum atomic E-state index is 0.447. The van der Waals surface area contributed by atoms with E-state index in [1.54, 1.807) is 0 Å². The van der Waals surface area contributed by atoms with Crippen LogP contribution in [0.1, 0.15) is 138 Å². The summed E-state index contributed by atoms with van der Waals surface area (Å²) in [5, 5.41) is 0. The Morgan fingerprint density at radius 3 is 1.27 bits per heavy atom. The molecule has 2 heterocycles. The predicted octanol–water partition coefficient (Wildman–Crippen LogP) is 13.4. The van der Waals surface area contributed by atoms with Gasteiger partial charge in [0.2, 0.25) is 11.8 Å². The molecule has 0 spiro atoms. The van der Waals surface area contributed by atoms with E-state index in [1.807, 2.05) is 0 Å². The summed E-state index contributed by atoms with van der Waals surface area (Å²) in [7, 11) is 0. The Bertz CT molecular complexity index is 1640. The first-order valence-corrected chi connectivity index (χ1v) is 18.5. The SMILES string of the molecule is CCCCCCc1nc(-c2ccc(-c3nc(CCCCCC)c(-c4cc(C(C)C)ccc4C)o3)cc2)oc1-c1cc(C(C)C)ccc1C. The predicted molar refractivity (Wildman–Crippen MR) is 202 cm³/mol. The quantitative estimate of drug-likeness (QED) is 0.100. The fourth-order valence-corrected chi connectivity index (χ4v) is 6.39. The molecule has 0 aliphatic rings. The van der Waals surface area contributed by atoms with Crippen LogP contribution in [0.5, 0.6) is 0 Å². The highest BCUT2D eigenvalue weighted by atomic mass is 16.4. The number of rotatable bonds is 16. The third-order valence-corrected chi connectivity index (χ3v) is 9.65. The van der Waals surface area contributed by atoms with Gasteiger partial charge in [0.1, 0.15) is 0 Å². The first-order chi connectivity index (χ1) is 23.2. The smallest absolute Gasteiger partial charge is 0.227 e. The fraction of sp³-hybridized carbons (Fsp3) is 0.455. The molecule has 0 bridgehead atoms. The van der Waals surface area contributed by atoms with Crippen LogP contribution in [0.25, 0.3) is 45.6 Å². The van der Waals surface area contributed by atoms with Gasteiger partial charge in [-0.3, -0.25) is 0 Å². The van der Waals surface area contributed by atoms with Crippen LogP contribution in [0.4, 0.5) is 0 Å². The molecule has 5 rings (SSSR count). The van der Waals surface area contributed by atoms with Crippen LogP contribution < -0.4 is 0 Å². The Morgan fingerprint density at radius 1 is 0.521 bits per heavy atom. The summed E-state index contributed by atoms with van der Waals surface area (Å²) < 4.78 is 13.3. The molecule has 0 fully saturated rings. The van der Waals surface area contributed by atoms with Crippen molar-refractivity contribution in [3.05, 3.63) is 94.3 Å². The molecular formula is C44H56N2O2. The fourth-order valence-electron chi connectivity index (χ4n) is 6.39. The largest absolute Gasteiger partial charge is 0.436 e. The molecule has 254 valence electrons. The minimum absolute atomic E-state index is 0.447. The number of nitrogens with zero attached hydrogens (tertiary/aromatic N) is 2. The molecule has 0 aliphatic heterocycles. The molecule has 0 saturated heterocycles. The van der Waals surface area contributed by atoms with E-state index in [9.17, 15) is 0 Å². The van der Waals surface area contributed by atoms with Crippen molar-refractivity contribution in [1.29, 1.82) is 0 Å². The van der Waals surface area contributed by atoms with Gasteiger partial charge in [-0.15, -0.1) is 0 Å². The van der Waals surface area contributed by atoms with Crippen LogP contribution in [-0.4, -0.2) is 9.97 Å². The lowest BCUT2D eigenvalue weighted by atomic mass is 9.95. The lowest BCUT2D eigenvalue weighted by Gasteiger charge is -2.11. The van der Waals surface area contributed by atoms with E-state index in [0.29, 0.717) is 23.6 Å². The molecule has 0 saturated carbocycles. The molecular weight excluding hydrogens is 588 g/mol. The Morgan fingerprint density at radius 2 is 0.917 bits per heavy atom. The molecule has 3 aromatic carbocycles. The van der Waals surface area contributed by atoms with E-state index in [4.69, 9.17) is 18.8 Å². The van der Waals surface area contributed by atoms with E-state index < -0.39 is 0 Å². The number of benzene rings is 3. The number of hydrogen-bond donors (Lipinski definition) is 0. The zero-order valence-electron chi connectivity index (χ0n) is 30.7. The van der Waals surface area contributed by atoms with E-state index in [0.717, 1.165) is 70.8 Å². The van der Waals surface area contributed by atoms with E-state index in [1.165, 1.54) is 60.8 Å². The van der Waals surface area contributed by atoms with Crippen molar-refractivity contribution in [1.82, 2.24) is 9.97 Å². The van der Waals surface area contributed by atoms with Crippen molar-refractivity contribution in [2.75, 3.05) is 0 Å². The van der Waals surface area contributed by atoms with Crippen molar-refractivity contribution in [3.8, 4) is 45.6 Å². The maximum atomic E-state index is 6.64. The summed E-state index contributed by atoms with van der Waals surface area (Å²) in [6, 6.07) is 21.9. The molecule has 0 aliphatic carbocycles. The topological polar surface area (TPSA) is 52.1 Å². The number of aryl methyl sites for hydroxylation is 4. The second-order valence-corrected chi connectivity index (χ2v) is 14.2. The summed E-state index contributed by atoms with van der Waals surface area (Å²) in [5.74, 6) is 4.06. The van der Waals surface area contributed by atoms with Crippen molar-refractivity contribution in [3.63, 3.8) is 0 Å². The van der Waals surface area contributed by atoms with Crippen molar-refractivity contribution < 1.29 is 8.83 Å². The third-order valence-electron chi connectivity index (χ3n) is 9.65. The average Bonchev–Trinajstić information content (AvgIpc) is 3.70. The van der Waals surface area contributed by atoms with Crippen LogP contribution >= 0.6 is 0 Å². The van der Waals surface area contributed by atoms with Gasteiger partial charge < -0.3 is 8.83 Å². The van der Waals surface area contributed by atoms with Crippen LogP contribution in [0, 0.1) is 13.8 Å². The molecule has 0 N–H and O–H groups in total. The molecule has 0 radical (unpaired) electrons. The standard InChI is InChI=1S/C44H56N2O2/c1-9-11-13-15-17-39-41(37-27-35(29(3)4)21-19-31(37)7)47-43(45-39)33-23-25-34(26-24-33)44-46-40(18-16-14-12-10-2)42(48-44)38-28-36(30(5)6)22-20-32(38)8/h19-30H,9-18H2,1-8H3. The van der Waals surface area contributed by atoms with Gasteiger partial charge in [0.05, 0.1) is 11.4 Å². The summed E-state index contributed by atoms with van der Waals surface area (Å²) in [4.78, 5) is 10.2.